The molecule has 9 heteroatoms. The number of aromatic nitrogens is 4. The van der Waals surface area contributed by atoms with Crippen LogP contribution in [0.2, 0.25) is 5.02 Å². The van der Waals surface area contributed by atoms with Crippen LogP contribution in [-0.4, -0.2) is 24.7 Å². The van der Waals surface area contributed by atoms with Crippen molar-refractivity contribution in [2.24, 2.45) is 0 Å². The largest absolute Gasteiger partial charge is 0.358 e. The highest BCUT2D eigenvalue weighted by Gasteiger charge is 2.14. The molecular formula is C19H22ClFN6S. The highest BCUT2D eigenvalue weighted by atomic mass is 35.5. The van der Waals surface area contributed by atoms with Gasteiger partial charge < -0.3 is 10.6 Å². The quantitative estimate of drug-likeness (QED) is 0.589. The topological polar surface area (TPSA) is 59.7 Å². The lowest BCUT2D eigenvalue weighted by atomic mass is 10.2. The Bertz CT molecular complexity index is 996. The van der Waals surface area contributed by atoms with E-state index in [1.54, 1.807) is 6.07 Å². The maximum absolute atomic E-state index is 13.3. The fourth-order valence-corrected chi connectivity index (χ4v) is 3.25. The summed E-state index contributed by atoms with van der Waals surface area (Å²) in [4.78, 5) is 0. The van der Waals surface area contributed by atoms with Crippen molar-refractivity contribution in [1.82, 2.24) is 24.9 Å². The van der Waals surface area contributed by atoms with Crippen LogP contribution in [0.1, 0.15) is 29.4 Å². The summed E-state index contributed by atoms with van der Waals surface area (Å²) in [5.74, 6) is -0.356. The van der Waals surface area contributed by atoms with E-state index in [0.717, 1.165) is 34.7 Å². The van der Waals surface area contributed by atoms with Gasteiger partial charge in [0.05, 0.1) is 29.8 Å². The molecule has 2 heterocycles. The van der Waals surface area contributed by atoms with Crippen LogP contribution in [0, 0.1) is 19.7 Å². The standard InChI is InChI=1S/C19H22ClFN6S/c1-4-26-10-14(9-23-26)8-22-19(28)24-18-12(2)25-27(13(18)3)11-15-5-6-16(21)7-17(15)20/h5-7,9-10H,4,8,11H2,1-3H3,(H2,22,24,28). The van der Waals surface area contributed by atoms with E-state index in [2.05, 4.69) is 20.8 Å². The Balaban J connectivity index is 1.66. The van der Waals surface area contributed by atoms with Crippen molar-refractivity contribution in [3.63, 3.8) is 0 Å². The summed E-state index contributed by atoms with van der Waals surface area (Å²) in [6, 6.07) is 4.37. The number of nitrogens with one attached hydrogen (secondary N) is 2. The zero-order chi connectivity index (χ0) is 20.3. The number of nitrogens with zero attached hydrogens (tertiary/aromatic N) is 4. The predicted octanol–water partition coefficient (Wildman–Crippen LogP) is 4.04. The summed E-state index contributed by atoms with van der Waals surface area (Å²) in [6.45, 7) is 7.77. The van der Waals surface area contributed by atoms with Crippen LogP contribution in [0.4, 0.5) is 10.1 Å². The molecular weight excluding hydrogens is 399 g/mol. The first kappa shape index (κ1) is 20.3. The molecule has 3 rings (SSSR count). The molecule has 148 valence electrons. The van der Waals surface area contributed by atoms with Crippen molar-refractivity contribution in [2.45, 2.75) is 40.4 Å². The third kappa shape index (κ3) is 4.69. The Morgan fingerprint density at radius 3 is 2.79 bits per heavy atom. The summed E-state index contributed by atoms with van der Waals surface area (Å²) in [5.41, 5.74) is 4.44. The molecule has 2 N–H and O–H groups in total. The van der Waals surface area contributed by atoms with Crippen molar-refractivity contribution in [3.05, 3.63) is 63.9 Å². The maximum atomic E-state index is 13.3. The Hall–Kier alpha value is -2.45. The third-order valence-electron chi connectivity index (χ3n) is 4.42. The first-order chi connectivity index (χ1) is 13.4. The molecule has 0 saturated heterocycles. The molecule has 28 heavy (non-hydrogen) atoms. The number of anilines is 1. The van der Waals surface area contributed by atoms with Gasteiger partial charge in [-0.2, -0.15) is 10.2 Å². The lowest BCUT2D eigenvalue weighted by molar-refractivity contribution is 0.622. The molecule has 0 saturated carbocycles. The van der Waals surface area contributed by atoms with Gasteiger partial charge in [0.25, 0.3) is 0 Å². The lowest BCUT2D eigenvalue weighted by Gasteiger charge is -2.11. The Morgan fingerprint density at radius 1 is 1.32 bits per heavy atom. The molecule has 2 aromatic heterocycles. The van der Waals surface area contributed by atoms with E-state index in [9.17, 15) is 4.39 Å². The molecule has 0 bridgehead atoms. The van der Waals surface area contributed by atoms with E-state index in [-0.39, 0.29) is 5.82 Å². The van der Waals surface area contributed by atoms with Crippen LogP contribution in [0.3, 0.4) is 0 Å². The van der Waals surface area contributed by atoms with Crippen molar-refractivity contribution >= 4 is 34.6 Å². The minimum atomic E-state index is -0.356. The highest BCUT2D eigenvalue weighted by Crippen LogP contribution is 2.23. The number of rotatable bonds is 6. The molecule has 0 spiro atoms. The van der Waals surface area contributed by atoms with Crippen molar-refractivity contribution in [2.75, 3.05) is 5.32 Å². The van der Waals surface area contributed by atoms with E-state index >= 15 is 0 Å². The number of hydrogen-bond donors (Lipinski definition) is 2. The second kappa shape index (κ2) is 8.70. The number of benzene rings is 1. The molecule has 0 atom stereocenters. The smallest absolute Gasteiger partial charge is 0.171 e. The fourth-order valence-electron chi connectivity index (χ4n) is 2.85. The second-order valence-corrected chi connectivity index (χ2v) is 7.27. The van der Waals surface area contributed by atoms with Crippen molar-refractivity contribution in [1.29, 1.82) is 0 Å². The van der Waals surface area contributed by atoms with Gasteiger partial charge in [-0.1, -0.05) is 17.7 Å². The molecule has 0 aliphatic carbocycles. The molecule has 0 aliphatic heterocycles. The zero-order valence-corrected chi connectivity index (χ0v) is 17.5. The number of thiocarbonyl (C=S) groups is 1. The summed E-state index contributed by atoms with van der Waals surface area (Å²) < 4.78 is 16.9. The lowest BCUT2D eigenvalue weighted by Crippen LogP contribution is -2.28. The summed E-state index contributed by atoms with van der Waals surface area (Å²) in [5, 5.41) is 16.1. The molecule has 0 fully saturated rings. The van der Waals surface area contributed by atoms with E-state index in [1.165, 1.54) is 12.1 Å². The average Bonchev–Trinajstić information content (AvgIpc) is 3.22. The molecule has 0 radical (unpaired) electrons. The maximum Gasteiger partial charge on any atom is 0.171 e. The van der Waals surface area contributed by atoms with E-state index < -0.39 is 0 Å². The molecule has 1 aromatic carbocycles. The van der Waals surface area contributed by atoms with Gasteiger partial charge in [-0.15, -0.1) is 0 Å². The van der Waals surface area contributed by atoms with Crippen LogP contribution in [-0.2, 0) is 19.6 Å². The van der Waals surface area contributed by atoms with E-state index in [4.69, 9.17) is 23.8 Å². The normalized spacial score (nSPS) is 10.9. The van der Waals surface area contributed by atoms with Gasteiger partial charge >= 0.3 is 0 Å². The van der Waals surface area contributed by atoms with Gasteiger partial charge in [0.2, 0.25) is 0 Å². The van der Waals surface area contributed by atoms with Gasteiger partial charge in [0, 0.05) is 29.9 Å². The first-order valence-corrected chi connectivity index (χ1v) is 9.70. The average molecular weight is 421 g/mol. The second-order valence-electron chi connectivity index (χ2n) is 6.45. The number of halogens is 2. The Kier molecular flexibility index (Phi) is 6.31. The summed E-state index contributed by atoms with van der Waals surface area (Å²) >= 11 is 11.6. The first-order valence-electron chi connectivity index (χ1n) is 8.91. The van der Waals surface area contributed by atoms with Gasteiger partial charge in [-0.25, -0.2) is 4.39 Å². The molecule has 0 amide bonds. The van der Waals surface area contributed by atoms with E-state index in [0.29, 0.717) is 23.2 Å². The van der Waals surface area contributed by atoms with Crippen molar-refractivity contribution < 1.29 is 4.39 Å². The zero-order valence-electron chi connectivity index (χ0n) is 16.0. The van der Waals surface area contributed by atoms with Gasteiger partial charge in [-0.05, 0) is 50.7 Å². The Morgan fingerprint density at radius 2 is 2.11 bits per heavy atom. The van der Waals surface area contributed by atoms with Crippen LogP contribution < -0.4 is 10.6 Å². The summed E-state index contributed by atoms with van der Waals surface area (Å²) in [7, 11) is 0. The summed E-state index contributed by atoms with van der Waals surface area (Å²) in [6.07, 6.45) is 3.80. The van der Waals surface area contributed by atoms with Crippen molar-refractivity contribution in [3.8, 4) is 0 Å². The monoisotopic (exact) mass is 420 g/mol. The minimum absolute atomic E-state index is 0.356. The van der Waals surface area contributed by atoms with Crippen LogP contribution in [0.15, 0.2) is 30.6 Å². The third-order valence-corrected chi connectivity index (χ3v) is 5.02. The number of hydrogen-bond acceptors (Lipinski definition) is 3. The Labute approximate surface area is 173 Å². The predicted molar refractivity (Wildman–Crippen MR) is 113 cm³/mol. The minimum Gasteiger partial charge on any atom is -0.358 e. The van der Waals surface area contributed by atoms with Crippen LogP contribution in [0.5, 0.6) is 0 Å². The molecule has 3 aromatic rings. The SMILES string of the molecule is CCn1cc(CNC(=S)Nc2c(C)nn(Cc3ccc(F)cc3Cl)c2C)cn1. The molecule has 0 unspecified atom stereocenters. The molecule has 6 nitrogen and oxygen atoms in total. The van der Waals surface area contributed by atoms with Crippen LogP contribution >= 0.6 is 23.8 Å². The van der Waals surface area contributed by atoms with E-state index in [1.807, 2.05) is 42.5 Å². The van der Waals surface area contributed by atoms with Gasteiger partial charge in [0.1, 0.15) is 5.82 Å². The van der Waals surface area contributed by atoms with Gasteiger partial charge in [-0.3, -0.25) is 9.36 Å². The van der Waals surface area contributed by atoms with Crippen LogP contribution in [0.25, 0.3) is 0 Å². The fraction of sp³-hybridized carbons (Fsp3) is 0.316. The highest BCUT2D eigenvalue weighted by molar-refractivity contribution is 7.80. The van der Waals surface area contributed by atoms with Gasteiger partial charge in [0.15, 0.2) is 5.11 Å². The molecule has 0 aliphatic rings. The number of aryl methyl sites for hydroxylation is 2.